The number of hydrogen-bond acceptors (Lipinski definition) is 5. The fourth-order valence-electron chi connectivity index (χ4n) is 11.0. The SMILES string of the molecule is CCCCCCCCCCCCCCCCCCCCCCC(O)C(CO)NC(=O)CCCCCCCCCCCCCCCCCCCCCOC(=O)CCCCCCCCCCCCCCCCCCC. The van der Waals surface area contributed by atoms with Gasteiger partial charge in [0.05, 0.1) is 25.4 Å². The molecule has 0 aromatic carbocycles. The molecule has 0 aromatic rings. The van der Waals surface area contributed by atoms with E-state index in [1.165, 1.54) is 321 Å². The third-order valence-corrected chi connectivity index (χ3v) is 16.2. The van der Waals surface area contributed by atoms with Crippen molar-refractivity contribution in [3.05, 3.63) is 0 Å². The molecule has 0 aliphatic rings. The van der Waals surface area contributed by atoms with Crippen LogP contribution in [-0.4, -0.2) is 47.4 Å². The maximum atomic E-state index is 12.5. The highest BCUT2D eigenvalue weighted by Crippen LogP contribution is 2.19. The Balaban J connectivity index is 3.37. The van der Waals surface area contributed by atoms with Gasteiger partial charge in [0.25, 0.3) is 0 Å². The maximum Gasteiger partial charge on any atom is 0.305 e. The third-order valence-electron chi connectivity index (χ3n) is 16.2. The van der Waals surface area contributed by atoms with E-state index < -0.39 is 12.1 Å². The number of hydrogen-bond donors (Lipinski definition) is 3. The summed E-state index contributed by atoms with van der Waals surface area (Å²) in [6, 6.07) is -0.543. The third kappa shape index (κ3) is 60.0. The molecular formula is C67H133NO5. The van der Waals surface area contributed by atoms with Crippen molar-refractivity contribution in [1.29, 1.82) is 0 Å². The molecule has 0 radical (unpaired) electrons. The number of unbranched alkanes of at least 4 members (excludes halogenated alkanes) is 53. The van der Waals surface area contributed by atoms with Gasteiger partial charge in [0.2, 0.25) is 5.91 Å². The van der Waals surface area contributed by atoms with Crippen molar-refractivity contribution in [3.8, 4) is 0 Å². The summed E-state index contributed by atoms with van der Waals surface area (Å²) in [6.45, 7) is 5.00. The molecular weight excluding hydrogens is 899 g/mol. The first-order valence-corrected chi connectivity index (χ1v) is 33.8. The molecule has 1 amide bonds. The summed E-state index contributed by atoms with van der Waals surface area (Å²) in [5, 5.41) is 23.4. The quantitative estimate of drug-likeness (QED) is 0.0417. The van der Waals surface area contributed by atoms with Crippen molar-refractivity contribution in [2.45, 2.75) is 405 Å². The van der Waals surface area contributed by atoms with Crippen molar-refractivity contribution >= 4 is 11.9 Å². The van der Waals surface area contributed by atoms with Gasteiger partial charge < -0.3 is 20.3 Å². The molecule has 73 heavy (non-hydrogen) atoms. The number of esters is 1. The highest BCUT2D eigenvalue weighted by atomic mass is 16.5. The van der Waals surface area contributed by atoms with E-state index in [2.05, 4.69) is 19.2 Å². The van der Waals surface area contributed by atoms with Crippen LogP contribution in [0.15, 0.2) is 0 Å². The molecule has 0 saturated carbocycles. The Labute approximate surface area is 457 Å². The normalized spacial score (nSPS) is 12.4. The molecule has 0 spiro atoms. The van der Waals surface area contributed by atoms with Gasteiger partial charge in [-0.3, -0.25) is 9.59 Å². The summed E-state index contributed by atoms with van der Waals surface area (Å²) in [6.07, 6.45) is 75.5. The predicted molar refractivity (Wildman–Crippen MR) is 320 cm³/mol. The van der Waals surface area contributed by atoms with Gasteiger partial charge in [0.1, 0.15) is 0 Å². The van der Waals surface area contributed by atoms with Crippen LogP contribution >= 0.6 is 0 Å². The lowest BCUT2D eigenvalue weighted by Crippen LogP contribution is -2.45. The molecule has 0 aliphatic carbocycles. The van der Waals surface area contributed by atoms with Gasteiger partial charge in [-0.05, 0) is 25.7 Å². The van der Waals surface area contributed by atoms with E-state index in [0.717, 1.165) is 38.5 Å². The minimum atomic E-state index is -0.666. The number of ether oxygens (including phenoxy) is 1. The van der Waals surface area contributed by atoms with Crippen molar-refractivity contribution in [2.24, 2.45) is 0 Å². The molecule has 0 heterocycles. The number of aliphatic hydroxyl groups is 2. The first-order valence-electron chi connectivity index (χ1n) is 33.8. The first-order chi connectivity index (χ1) is 36.0. The van der Waals surface area contributed by atoms with Crippen LogP contribution in [0.4, 0.5) is 0 Å². The second kappa shape index (κ2) is 63.4. The highest BCUT2D eigenvalue weighted by Gasteiger charge is 2.20. The van der Waals surface area contributed by atoms with Gasteiger partial charge >= 0.3 is 5.97 Å². The standard InChI is InChI=1S/C67H133NO5/c1-3-5-7-9-11-13-15-17-19-21-22-24-28-31-35-39-43-47-51-55-59-65(70)64(63-69)68-66(71)60-56-52-48-44-40-36-32-29-25-23-26-30-34-38-42-46-50-54-58-62-73-67(72)61-57-53-49-45-41-37-33-27-20-18-16-14-12-10-8-6-4-2/h64-65,69-70H,3-63H2,1-2H3,(H,68,71). The Morgan fingerprint density at radius 1 is 0.329 bits per heavy atom. The predicted octanol–water partition coefficient (Wildman–Crippen LogP) is 21.4. The molecule has 3 N–H and O–H groups in total. The molecule has 0 rings (SSSR count). The van der Waals surface area contributed by atoms with Crippen LogP contribution in [0.5, 0.6) is 0 Å². The number of rotatable bonds is 64. The largest absolute Gasteiger partial charge is 0.466 e. The van der Waals surface area contributed by atoms with Crippen LogP contribution in [0.1, 0.15) is 393 Å². The van der Waals surface area contributed by atoms with Gasteiger partial charge in [-0.2, -0.15) is 0 Å². The van der Waals surface area contributed by atoms with Crippen molar-refractivity contribution in [1.82, 2.24) is 5.32 Å². The van der Waals surface area contributed by atoms with E-state index in [4.69, 9.17) is 4.74 Å². The number of nitrogens with one attached hydrogen (secondary N) is 1. The summed E-state index contributed by atoms with van der Waals surface area (Å²) in [7, 11) is 0. The zero-order chi connectivity index (χ0) is 52.9. The van der Waals surface area contributed by atoms with Gasteiger partial charge in [0, 0.05) is 12.8 Å². The summed E-state index contributed by atoms with van der Waals surface area (Å²) < 4.78 is 5.50. The lowest BCUT2D eigenvalue weighted by molar-refractivity contribution is -0.143. The topological polar surface area (TPSA) is 95.9 Å². The van der Waals surface area contributed by atoms with Crippen molar-refractivity contribution in [3.63, 3.8) is 0 Å². The fraction of sp³-hybridized carbons (Fsp3) is 0.970. The lowest BCUT2D eigenvalue weighted by atomic mass is 10.0. The smallest absolute Gasteiger partial charge is 0.305 e. The molecule has 436 valence electrons. The lowest BCUT2D eigenvalue weighted by Gasteiger charge is -2.22. The van der Waals surface area contributed by atoms with Gasteiger partial charge in [-0.1, -0.05) is 354 Å². The Kier molecular flexibility index (Phi) is 62.4. The Hall–Kier alpha value is -1.14. The molecule has 2 atom stereocenters. The van der Waals surface area contributed by atoms with Crippen LogP contribution < -0.4 is 5.32 Å². The zero-order valence-corrected chi connectivity index (χ0v) is 49.9. The summed E-state index contributed by atoms with van der Waals surface area (Å²) in [5.41, 5.74) is 0. The van der Waals surface area contributed by atoms with E-state index in [1.54, 1.807) is 0 Å². The van der Waals surface area contributed by atoms with E-state index in [9.17, 15) is 19.8 Å². The van der Waals surface area contributed by atoms with E-state index >= 15 is 0 Å². The van der Waals surface area contributed by atoms with Crippen LogP contribution in [0, 0.1) is 0 Å². The van der Waals surface area contributed by atoms with E-state index in [0.29, 0.717) is 25.9 Å². The fourth-order valence-corrected chi connectivity index (χ4v) is 11.0. The highest BCUT2D eigenvalue weighted by molar-refractivity contribution is 5.76. The average Bonchev–Trinajstić information content (AvgIpc) is 3.39. The van der Waals surface area contributed by atoms with Crippen LogP contribution in [0.2, 0.25) is 0 Å². The maximum absolute atomic E-state index is 12.5. The molecule has 0 saturated heterocycles. The van der Waals surface area contributed by atoms with Crippen molar-refractivity contribution in [2.75, 3.05) is 13.2 Å². The van der Waals surface area contributed by atoms with Crippen LogP contribution in [0.3, 0.4) is 0 Å². The molecule has 0 bridgehead atoms. The number of aliphatic hydroxyl groups excluding tert-OH is 2. The monoisotopic (exact) mass is 1030 g/mol. The summed E-state index contributed by atoms with van der Waals surface area (Å²) >= 11 is 0. The minimum absolute atomic E-state index is 0.0146. The summed E-state index contributed by atoms with van der Waals surface area (Å²) in [5.74, 6) is -0.0182. The van der Waals surface area contributed by atoms with E-state index in [-0.39, 0.29) is 18.5 Å². The molecule has 0 aromatic heterocycles. The first kappa shape index (κ1) is 71.9. The zero-order valence-electron chi connectivity index (χ0n) is 49.9. The van der Waals surface area contributed by atoms with Gasteiger partial charge in [-0.15, -0.1) is 0 Å². The Morgan fingerprint density at radius 2 is 0.562 bits per heavy atom. The number of carbonyl (C=O) groups is 2. The molecule has 2 unspecified atom stereocenters. The summed E-state index contributed by atoms with van der Waals surface area (Å²) in [4.78, 5) is 24.6. The second-order valence-electron chi connectivity index (χ2n) is 23.5. The number of carbonyl (C=O) groups excluding carboxylic acids is 2. The van der Waals surface area contributed by atoms with Gasteiger partial charge in [-0.25, -0.2) is 0 Å². The molecule has 6 heteroatoms. The molecule has 0 aliphatic heterocycles. The van der Waals surface area contributed by atoms with Crippen LogP contribution in [0.25, 0.3) is 0 Å². The number of amides is 1. The molecule has 6 nitrogen and oxygen atoms in total. The van der Waals surface area contributed by atoms with E-state index in [1.807, 2.05) is 0 Å². The minimum Gasteiger partial charge on any atom is -0.466 e. The molecule has 0 fully saturated rings. The Bertz CT molecular complexity index is 1050. The second-order valence-corrected chi connectivity index (χ2v) is 23.5. The Morgan fingerprint density at radius 3 is 0.836 bits per heavy atom. The van der Waals surface area contributed by atoms with Crippen molar-refractivity contribution < 1.29 is 24.5 Å². The van der Waals surface area contributed by atoms with Gasteiger partial charge in [0.15, 0.2) is 0 Å². The average molecular weight is 1030 g/mol. The van der Waals surface area contributed by atoms with Crippen LogP contribution in [-0.2, 0) is 14.3 Å².